The molecule has 150 valence electrons. The van der Waals surface area contributed by atoms with Crippen molar-refractivity contribution in [1.82, 2.24) is 0 Å². The molecule has 0 spiro atoms. The number of ether oxygens (including phenoxy) is 1. The third-order valence-electron chi connectivity index (χ3n) is 4.23. The van der Waals surface area contributed by atoms with Crippen molar-refractivity contribution in [1.29, 1.82) is 0 Å². The number of carbonyl (C=O) groups is 1. The molecule has 0 aliphatic heterocycles. The summed E-state index contributed by atoms with van der Waals surface area (Å²) in [5.41, 5.74) is 8.29. The van der Waals surface area contributed by atoms with Gasteiger partial charge in [0.15, 0.2) is 0 Å². The second kappa shape index (κ2) is 9.92. The van der Waals surface area contributed by atoms with Crippen molar-refractivity contribution in [2.75, 3.05) is 18.0 Å². The van der Waals surface area contributed by atoms with Gasteiger partial charge in [-0.3, -0.25) is 4.79 Å². The van der Waals surface area contributed by atoms with Gasteiger partial charge in [-0.15, -0.1) is 0 Å². The van der Waals surface area contributed by atoms with E-state index in [-0.39, 0.29) is 6.54 Å². The normalized spacial score (nSPS) is 10.6. The molecule has 0 unspecified atom stereocenters. The quantitative estimate of drug-likeness (QED) is 0.458. The van der Waals surface area contributed by atoms with Crippen LogP contribution in [0.4, 0.5) is 5.69 Å². The van der Waals surface area contributed by atoms with Crippen LogP contribution < -0.4 is 14.8 Å². The number of rotatable bonds is 8. The first-order valence-corrected chi connectivity index (χ1v) is 10.4. The molecule has 0 fully saturated rings. The fourth-order valence-corrected chi connectivity index (χ4v) is 4.39. The number of anilines is 1. The molecular weight excluding hydrogens is 427 g/mol. The van der Waals surface area contributed by atoms with Gasteiger partial charge in [0.05, 0.1) is 17.7 Å². The van der Waals surface area contributed by atoms with E-state index in [1.807, 2.05) is 65.0 Å². The number of halogens is 2. The third kappa shape index (κ3) is 5.60. The van der Waals surface area contributed by atoms with E-state index < -0.39 is 5.91 Å². The van der Waals surface area contributed by atoms with Crippen LogP contribution in [0.1, 0.15) is 11.1 Å². The number of hydrogen-bond donors (Lipinski definition) is 1. The fraction of sp³-hybridized carbons (Fsp3) is 0.136. The van der Waals surface area contributed by atoms with Crippen LogP contribution in [0.2, 0.25) is 10.0 Å². The van der Waals surface area contributed by atoms with Gasteiger partial charge in [-0.2, -0.15) is 0 Å². The van der Waals surface area contributed by atoms with Gasteiger partial charge in [0, 0.05) is 16.5 Å². The zero-order valence-corrected chi connectivity index (χ0v) is 18.1. The lowest BCUT2D eigenvalue weighted by atomic mass is 10.0. The smallest absolute Gasteiger partial charge is 0.238 e. The van der Waals surface area contributed by atoms with Gasteiger partial charge < -0.3 is 14.8 Å². The largest absolute Gasteiger partial charge is 0.496 e. The summed E-state index contributed by atoms with van der Waals surface area (Å²) in [6.07, 6.45) is 0.567. The Morgan fingerprint density at radius 2 is 1.76 bits per heavy atom. The summed E-state index contributed by atoms with van der Waals surface area (Å²) in [4.78, 5) is 12.7. The molecule has 3 aromatic carbocycles. The van der Waals surface area contributed by atoms with Crippen molar-refractivity contribution >= 4 is 46.7 Å². The van der Waals surface area contributed by atoms with Crippen LogP contribution in [0, 0.1) is 0 Å². The lowest BCUT2D eigenvalue weighted by Gasteiger charge is -2.25. The van der Waals surface area contributed by atoms with E-state index in [0.29, 0.717) is 22.2 Å². The maximum Gasteiger partial charge on any atom is 0.238 e. The van der Waals surface area contributed by atoms with E-state index in [1.54, 1.807) is 13.2 Å². The van der Waals surface area contributed by atoms with Gasteiger partial charge in [0.1, 0.15) is 12.3 Å². The number of hydrogen-bond acceptors (Lipinski definition) is 4. The lowest BCUT2D eigenvalue weighted by Crippen LogP contribution is -2.29. The summed E-state index contributed by atoms with van der Waals surface area (Å²) in [5, 5.41) is 1.29. The van der Waals surface area contributed by atoms with Crippen molar-refractivity contribution in [2.45, 2.75) is 11.3 Å². The molecule has 0 aromatic heterocycles. The van der Waals surface area contributed by atoms with E-state index >= 15 is 0 Å². The maximum atomic E-state index is 11.8. The minimum absolute atomic E-state index is 0.0276. The molecule has 1 amide bonds. The number of benzene rings is 3. The van der Waals surface area contributed by atoms with E-state index in [1.165, 1.54) is 11.9 Å². The van der Waals surface area contributed by atoms with Crippen LogP contribution in [-0.4, -0.2) is 19.6 Å². The van der Waals surface area contributed by atoms with Crippen LogP contribution in [0.25, 0.3) is 0 Å². The van der Waals surface area contributed by atoms with E-state index in [4.69, 9.17) is 33.7 Å². The average Bonchev–Trinajstić information content (AvgIpc) is 2.69. The molecule has 0 aliphatic carbocycles. The zero-order chi connectivity index (χ0) is 20.8. The Kier molecular flexibility index (Phi) is 7.31. The van der Waals surface area contributed by atoms with Crippen molar-refractivity contribution < 1.29 is 9.53 Å². The topological polar surface area (TPSA) is 55.6 Å². The van der Waals surface area contributed by atoms with E-state index in [9.17, 15) is 4.79 Å². The van der Waals surface area contributed by atoms with Gasteiger partial charge in [-0.05, 0) is 59.5 Å². The van der Waals surface area contributed by atoms with Crippen LogP contribution in [0.15, 0.2) is 71.6 Å². The van der Waals surface area contributed by atoms with Crippen molar-refractivity contribution in [3.8, 4) is 5.75 Å². The van der Waals surface area contributed by atoms with E-state index in [0.717, 1.165) is 21.7 Å². The van der Waals surface area contributed by atoms with Crippen LogP contribution in [-0.2, 0) is 11.2 Å². The molecule has 7 heteroatoms. The Morgan fingerprint density at radius 1 is 1.03 bits per heavy atom. The van der Waals surface area contributed by atoms with Gasteiger partial charge in [-0.1, -0.05) is 53.5 Å². The second-order valence-corrected chi connectivity index (χ2v) is 8.19. The first kappa shape index (κ1) is 21.4. The Bertz CT molecular complexity index is 1010. The molecule has 4 nitrogen and oxygen atoms in total. The molecule has 0 saturated heterocycles. The Balaban J connectivity index is 2.01. The van der Waals surface area contributed by atoms with Gasteiger partial charge in [0.2, 0.25) is 5.91 Å². The number of methoxy groups -OCH3 is 1. The highest BCUT2D eigenvalue weighted by Crippen LogP contribution is 2.37. The highest BCUT2D eigenvalue weighted by Gasteiger charge is 2.18. The molecular formula is C22H20Cl2N2O2S. The van der Waals surface area contributed by atoms with Crippen LogP contribution in [0.5, 0.6) is 5.75 Å². The minimum atomic E-state index is -0.439. The first-order chi connectivity index (χ1) is 14.0. The molecule has 0 radical (unpaired) electrons. The Morgan fingerprint density at radius 3 is 2.48 bits per heavy atom. The van der Waals surface area contributed by atoms with Crippen LogP contribution >= 0.6 is 35.1 Å². The summed E-state index contributed by atoms with van der Waals surface area (Å²) in [6.45, 7) is 0.0276. The SMILES string of the molecule is COc1ccccc1SN(CC(N)=O)c1ccc(Cl)cc1Cc1ccccc1Cl. The number of nitrogens with zero attached hydrogens (tertiary/aromatic N) is 1. The highest BCUT2D eigenvalue weighted by atomic mass is 35.5. The highest BCUT2D eigenvalue weighted by molar-refractivity contribution is 8.00. The Hall–Kier alpha value is -2.34. The summed E-state index contributed by atoms with van der Waals surface area (Å²) >= 11 is 14.0. The van der Waals surface area contributed by atoms with Gasteiger partial charge >= 0.3 is 0 Å². The minimum Gasteiger partial charge on any atom is -0.496 e. The molecule has 0 atom stereocenters. The monoisotopic (exact) mass is 446 g/mol. The molecule has 29 heavy (non-hydrogen) atoms. The van der Waals surface area contributed by atoms with Gasteiger partial charge in [-0.25, -0.2) is 0 Å². The second-order valence-electron chi connectivity index (χ2n) is 6.29. The molecule has 3 aromatic rings. The summed E-state index contributed by atoms with van der Waals surface area (Å²) in [7, 11) is 1.61. The number of primary amides is 1. The maximum absolute atomic E-state index is 11.8. The molecule has 0 bridgehead atoms. The lowest BCUT2D eigenvalue weighted by molar-refractivity contribution is -0.116. The predicted octanol–water partition coefficient (Wildman–Crippen LogP) is 5.59. The number of para-hydroxylation sites is 1. The summed E-state index contributed by atoms with van der Waals surface area (Å²) in [6, 6.07) is 20.8. The zero-order valence-electron chi connectivity index (χ0n) is 15.8. The standard InChI is InChI=1S/C22H20Cl2N2O2S/c1-28-20-8-4-5-9-21(20)29-26(14-22(25)27)19-11-10-17(23)13-16(19)12-15-6-2-3-7-18(15)24/h2-11,13H,12,14H2,1H3,(H2,25,27). The van der Waals surface area contributed by atoms with Crippen LogP contribution in [0.3, 0.4) is 0 Å². The summed E-state index contributed by atoms with van der Waals surface area (Å²) < 4.78 is 7.30. The van der Waals surface area contributed by atoms with Crippen molar-refractivity contribution in [3.05, 3.63) is 87.9 Å². The molecule has 0 saturated carbocycles. The predicted molar refractivity (Wildman–Crippen MR) is 121 cm³/mol. The molecule has 3 rings (SSSR count). The molecule has 2 N–H and O–H groups in total. The fourth-order valence-electron chi connectivity index (χ4n) is 2.91. The first-order valence-electron chi connectivity index (χ1n) is 8.86. The number of amides is 1. The third-order valence-corrected chi connectivity index (χ3v) is 5.91. The Labute approximate surface area is 184 Å². The average molecular weight is 447 g/mol. The van der Waals surface area contributed by atoms with Gasteiger partial charge in [0.25, 0.3) is 0 Å². The molecule has 0 heterocycles. The molecule has 0 aliphatic rings. The summed E-state index contributed by atoms with van der Waals surface area (Å²) in [5.74, 6) is 0.277. The number of nitrogens with two attached hydrogens (primary N) is 1. The number of carbonyl (C=O) groups excluding carboxylic acids is 1. The van der Waals surface area contributed by atoms with Crippen molar-refractivity contribution in [2.24, 2.45) is 5.73 Å². The van der Waals surface area contributed by atoms with Crippen molar-refractivity contribution in [3.63, 3.8) is 0 Å². The van der Waals surface area contributed by atoms with E-state index in [2.05, 4.69) is 0 Å².